The number of nitrogens with one attached hydrogen (secondary N) is 1. The molecule has 0 amide bonds. The minimum atomic E-state index is 0. The van der Waals surface area contributed by atoms with Crippen molar-refractivity contribution >= 4 is 29.9 Å². The first kappa shape index (κ1) is 22.2. The molecule has 1 unspecified atom stereocenters. The SMILES string of the molecule is CCNC(=NCC(C)(C)c1ccc(C)cc1)N1CCC(COC)C1.I. The van der Waals surface area contributed by atoms with E-state index in [9.17, 15) is 0 Å². The number of aryl methyl sites for hydroxylation is 1. The van der Waals surface area contributed by atoms with Gasteiger partial charge < -0.3 is 15.0 Å². The number of methoxy groups -OCH3 is 1. The van der Waals surface area contributed by atoms with Gasteiger partial charge in [-0.2, -0.15) is 0 Å². The first-order valence-corrected chi connectivity index (χ1v) is 9.05. The number of nitrogens with zero attached hydrogens (tertiary/aromatic N) is 2. The Hall–Kier alpha value is -0.820. The number of guanidine groups is 1. The third kappa shape index (κ3) is 6.44. The predicted molar refractivity (Wildman–Crippen MR) is 117 cm³/mol. The van der Waals surface area contributed by atoms with Crippen molar-refractivity contribution in [1.29, 1.82) is 0 Å². The lowest BCUT2D eigenvalue weighted by molar-refractivity contribution is 0.157. The summed E-state index contributed by atoms with van der Waals surface area (Å²) in [6, 6.07) is 8.81. The van der Waals surface area contributed by atoms with E-state index in [0.29, 0.717) is 5.92 Å². The molecule has 0 aromatic heterocycles. The van der Waals surface area contributed by atoms with E-state index in [2.05, 4.69) is 62.2 Å². The molecule has 1 aromatic rings. The number of rotatable bonds is 6. The van der Waals surface area contributed by atoms with Gasteiger partial charge in [-0.3, -0.25) is 4.99 Å². The minimum absolute atomic E-state index is 0. The molecular formula is C20H34IN3O. The molecule has 0 radical (unpaired) electrons. The topological polar surface area (TPSA) is 36.9 Å². The van der Waals surface area contributed by atoms with Crippen LogP contribution in [0, 0.1) is 12.8 Å². The van der Waals surface area contributed by atoms with Crippen LogP contribution in [0.2, 0.25) is 0 Å². The molecule has 1 fully saturated rings. The van der Waals surface area contributed by atoms with Crippen molar-refractivity contribution in [2.75, 3.05) is 39.9 Å². The number of hydrogen-bond acceptors (Lipinski definition) is 2. The van der Waals surface area contributed by atoms with Crippen molar-refractivity contribution in [2.45, 2.75) is 39.5 Å². The molecule has 1 aromatic carbocycles. The van der Waals surface area contributed by atoms with E-state index >= 15 is 0 Å². The minimum Gasteiger partial charge on any atom is -0.384 e. The number of ether oxygens (including phenoxy) is 1. The van der Waals surface area contributed by atoms with E-state index in [0.717, 1.165) is 38.7 Å². The van der Waals surface area contributed by atoms with E-state index in [-0.39, 0.29) is 29.4 Å². The van der Waals surface area contributed by atoms with E-state index in [1.165, 1.54) is 17.5 Å². The van der Waals surface area contributed by atoms with Gasteiger partial charge in [0.1, 0.15) is 0 Å². The van der Waals surface area contributed by atoms with Crippen molar-refractivity contribution < 1.29 is 4.74 Å². The summed E-state index contributed by atoms with van der Waals surface area (Å²) in [5.41, 5.74) is 2.67. The van der Waals surface area contributed by atoms with Gasteiger partial charge in [0.15, 0.2) is 5.96 Å². The normalized spacial score (nSPS) is 18.2. The maximum absolute atomic E-state index is 5.31. The van der Waals surface area contributed by atoms with Crippen LogP contribution in [0.25, 0.3) is 0 Å². The highest BCUT2D eigenvalue weighted by molar-refractivity contribution is 14.0. The zero-order valence-electron chi connectivity index (χ0n) is 16.3. The van der Waals surface area contributed by atoms with Crippen LogP contribution in [-0.4, -0.2) is 50.8 Å². The van der Waals surface area contributed by atoms with Gasteiger partial charge in [0.05, 0.1) is 13.2 Å². The second kappa shape index (κ2) is 10.4. The summed E-state index contributed by atoms with van der Waals surface area (Å²) in [5.74, 6) is 1.65. The molecule has 25 heavy (non-hydrogen) atoms. The summed E-state index contributed by atoms with van der Waals surface area (Å²) in [6.07, 6.45) is 1.18. The van der Waals surface area contributed by atoms with Gasteiger partial charge in [-0.25, -0.2) is 0 Å². The number of benzene rings is 1. The fourth-order valence-electron chi connectivity index (χ4n) is 3.19. The number of hydrogen-bond donors (Lipinski definition) is 1. The smallest absolute Gasteiger partial charge is 0.193 e. The largest absolute Gasteiger partial charge is 0.384 e. The molecule has 1 heterocycles. The Bertz CT molecular complexity index is 542. The summed E-state index contributed by atoms with van der Waals surface area (Å²) in [4.78, 5) is 7.32. The van der Waals surface area contributed by atoms with Crippen LogP contribution in [0.5, 0.6) is 0 Å². The van der Waals surface area contributed by atoms with Crippen LogP contribution < -0.4 is 5.32 Å². The van der Waals surface area contributed by atoms with E-state index in [1.807, 2.05) is 0 Å². The quantitative estimate of drug-likeness (QED) is 0.399. The molecule has 5 heteroatoms. The molecule has 0 saturated carbocycles. The molecule has 4 nitrogen and oxygen atoms in total. The van der Waals surface area contributed by atoms with Crippen LogP contribution in [-0.2, 0) is 10.2 Å². The molecule has 2 rings (SSSR count). The van der Waals surface area contributed by atoms with Gasteiger partial charge in [-0.1, -0.05) is 43.7 Å². The summed E-state index contributed by atoms with van der Waals surface area (Å²) in [7, 11) is 1.78. The Morgan fingerprint density at radius 2 is 2.00 bits per heavy atom. The Morgan fingerprint density at radius 1 is 1.32 bits per heavy atom. The van der Waals surface area contributed by atoms with Crippen molar-refractivity contribution in [3.8, 4) is 0 Å². The molecule has 1 saturated heterocycles. The molecule has 0 bridgehead atoms. The summed E-state index contributed by atoms with van der Waals surface area (Å²) in [6.45, 7) is 13.4. The Labute approximate surface area is 170 Å². The van der Waals surface area contributed by atoms with Crippen LogP contribution in [0.1, 0.15) is 38.3 Å². The van der Waals surface area contributed by atoms with Crippen LogP contribution in [0.3, 0.4) is 0 Å². The predicted octanol–water partition coefficient (Wildman–Crippen LogP) is 3.82. The first-order valence-electron chi connectivity index (χ1n) is 9.05. The molecule has 142 valence electrons. The van der Waals surface area contributed by atoms with Crippen molar-refractivity contribution in [2.24, 2.45) is 10.9 Å². The lowest BCUT2D eigenvalue weighted by Gasteiger charge is -2.26. The van der Waals surface area contributed by atoms with Gasteiger partial charge in [0, 0.05) is 38.1 Å². The number of halogens is 1. The van der Waals surface area contributed by atoms with Gasteiger partial charge in [0.2, 0.25) is 0 Å². The maximum Gasteiger partial charge on any atom is 0.193 e. The third-order valence-electron chi connectivity index (χ3n) is 4.78. The standard InChI is InChI=1S/C20H33N3O.HI/c1-6-21-19(23-12-11-17(13-23)14-24-5)22-15-20(3,4)18-9-7-16(2)8-10-18;/h7-10,17H,6,11-15H2,1-5H3,(H,21,22);1H. The highest BCUT2D eigenvalue weighted by atomic mass is 127. The summed E-state index contributed by atoms with van der Waals surface area (Å²) < 4.78 is 5.31. The van der Waals surface area contributed by atoms with Crippen LogP contribution >= 0.6 is 24.0 Å². The fraction of sp³-hybridized carbons (Fsp3) is 0.650. The molecule has 1 aliphatic heterocycles. The van der Waals surface area contributed by atoms with E-state index in [1.54, 1.807) is 7.11 Å². The van der Waals surface area contributed by atoms with Crippen LogP contribution in [0.15, 0.2) is 29.3 Å². The second-order valence-corrected chi connectivity index (χ2v) is 7.48. The molecule has 0 aliphatic carbocycles. The zero-order chi connectivity index (χ0) is 17.6. The maximum atomic E-state index is 5.31. The first-order chi connectivity index (χ1) is 11.5. The lowest BCUT2D eigenvalue weighted by Crippen LogP contribution is -2.41. The second-order valence-electron chi connectivity index (χ2n) is 7.48. The van der Waals surface area contributed by atoms with Gasteiger partial charge in [-0.05, 0) is 25.8 Å². The molecule has 1 N–H and O–H groups in total. The van der Waals surface area contributed by atoms with Crippen LogP contribution in [0.4, 0.5) is 0 Å². The van der Waals surface area contributed by atoms with Crippen molar-refractivity contribution in [3.63, 3.8) is 0 Å². The highest BCUT2D eigenvalue weighted by Crippen LogP contribution is 2.24. The van der Waals surface area contributed by atoms with Crippen molar-refractivity contribution in [1.82, 2.24) is 10.2 Å². The third-order valence-corrected chi connectivity index (χ3v) is 4.78. The fourth-order valence-corrected chi connectivity index (χ4v) is 3.19. The average Bonchev–Trinajstić information content (AvgIpc) is 3.01. The van der Waals surface area contributed by atoms with Gasteiger partial charge in [0.25, 0.3) is 0 Å². The van der Waals surface area contributed by atoms with Gasteiger partial charge in [-0.15, -0.1) is 24.0 Å². The number of likely N-dealkylation sites (tertiary alicyclic amines) is 1. The average molecular weight is 459 g/mol. The Kier molecular flexibility index (Phi) is 9.21. The summed E-state index contributed by atoms with van der Waals surface area (Å²) in [5, 5.41) is 3.46. The van der Waals surface area contributed by atoms with E-state index < -0.39 is 0 Å². The van der Waals surface area contributed by atoms with E-state index in [4.69, 9.17) is 9.73 Å². The molecule has 1 aliphatic rings. The monoisotopic (exact) mass is 459 g/mol. The molecule has 1 atom stereocenters. The lowest BCUT2D eigenvalue weighted by atomic mass is 9.84. The molecule has 0 spiro atoms. The Morgan fingerprint density at radius 3 is 2.60 bits per heavy atom. The molecular weight excluding hydrogens is 425 g/mol. The van der Waals surface area contributed by atoms with Crippen molar-refractivity contribution in [3.05, 3.63) is 35.4 Å². The Balaban J connectivity index is 0.00000312. The summed E-state index contributed by atoms with van der Waals surface area (Å²) >= 11 is 0. The van der Waals surface area contributed by atoms with Gasteiger partial charge >= 0.3 is 0 Å². The number of aliphatic imine (C=N–C) groups is 1. The highest BCUT2D eigenvalue weighted by Gasteiger charge is 2.26. The zero-order valence-corrected chi connectivity index (χ0v) is 18.7.